The van der Waals surface area contributed by atoms with E-state index in [9.17, 15) is 18.0 Å². The van der Waals surface area contributed by atoms with Crippen molar-refractivity contribution in [2.24, 2.45) is 5.73 Å². The number of esters is 1. The minimum atomic E-state index is -3.56. The number of sulfone groups is 1. The van der Waals surface area contributed by atoms with Crippen LogP contribution in [0.25, 0.3) is 0 Å². The Morgan fingerprint density at radius 2 is 1.69 bits per heavy atom. The van der Waals surface area contributed by atoms with Crippen LogP contribution in [0.2, 0.25) is 0 Å². The Bertz CT molecular complexity index is 728. The van der Waals surface area contributed by atoms with Crippen molar-refractivity contribution in [3.05, 3.63) is 35.4 Å². The Morgan fingerprint density at radius 1 is 1.15 bits per heavy atom. The zero-order valence-electron chi connectivity index (χ0n) is 14.7. The second-order valence-corrected chi connectivity index (χ2v) is 8.54. The lowest BCUT2D eigenvalue weighted by atomic mass is 9.98. The summed E-state index contributed by atoms with van der Waals surface area (Å²) in [5.74, 6) is -1.79. The van der Waals surface area contributed by atoms with Crippen LogP contribution in [0.15, 0.2) is 24.3 Å². The van der Waals surface area contributed by atoms with Gasteiger partial charge in [-0.15, -0.1) is 12.4 Å². The molecule has 26 heavy (non-hydrogen) atoms. The Labute approximate surface area is 160 Å². The number of hydrogen-bond acceptors (Lipinski definition) is 6. The average molecular weight is 405 g/mol. The van der Waals surface area contributed by atoms with Gasteiger partial charge in [0.2, 0.25) is 5.91 Å². The van der Waals surface area contributed by atoms with Crippen LogP contribution in [0, 0.1) is 0 Å². The van der Waals surface area contributed by atoms with Crippen LogP contribution in [0.3, 0.4) is 0 Å². The molecular weight excluding hydrogens is 380 g/mol. The van der Waals surface area contributed by atoms with Gasteiger partial charge in [0.15, 0.2) is 9.84 Å². The molecule has 0 aromatic heterocycles. The van der Waals surface area contributed by atoms with E-state index in [1.165, 1.54) is 0 Å². The summed E-state index contributed by atoms with van der Waals surface area (Å²) in [5, 5.41) is 2.84. The molecule has 1 amide bonds. The largest absolute Gasteiger partial charge is 0.468 e. The van der Waals surface area contributed by atoms with Crippen molar-refractivity contribution in [1.82, 2.24) is 5.32 Å². The highest BCUT2D eigenvalue weighted by Crippen LogP contribution is 2.27. The van der Waals surface area contributed by atoms with Gasteiger partial charge >= 0.3 is 5.97 Å². The number of carbonyl (C=O) groups is 2. The molecule has 0 aliphatic heterocycles. The summed E-state index contributed by atoms with van der Waals surface area (Å²) < 4.78 is 28.1. The first-order chi connectivity index (χ1) is 11.7. The number of hydrogen-bond donors (Lipinski definition) is 2. The van der Waals surface area contributed by atoms with E-state index >= 15 is 0 Å². The van der Waals surface area contributed by atoms with Gasteiger partial charge in [0.25, 0.3) is 0 Å². The Hall–Kier alpha value is -1.64. The fourth-order valence-electron chi connectivity index (χ4n) is 2.89. The molecule has 0 unspecified atom stereocenters. The van der Waals surface area contributed by atoms with Crippen LogP contribution in [0.5, 0.6) is 0 Å². The summed E-state index contributed by atoms with van der Waals surface area (Å²) in [6.07, 6.45) is 3.35. The van der Waals surface area contributed by atoms with Crippen molar-refractivity contribution in [2.75, 3.05) is 12.9 Å². The molecule has 7 nitrogen and oxygen atoms in total. The molecular formula is C17H25ClN2O5S. The first-order valence-electron chi connectivity index (χ1n) is 8.16. The van der Waals surface area contributed by atoms with Crippen molar-refractivity contribution in [3.63, 3.8) is 0 Å². The zero-order valence-corrected chi connectivity index (χ0v) is 16.3. The van der Waals surface area contributed by atoms with Crippen molar-refractivity contribution in [1.29, 1.82) is 0 Å². The third-order valence-corrected chi connectivity index (χ3v) is 5.82. The maximum atomic E-state index is 12.2. The molecule has 0 atom stereocenters. The Balaban J connectivity index is 0.00000338. The highest BCUT2D eigenvalue weighted by Gasteiger charge is 2.36. The van der Waals surface area contributed by atoms with Gasteiger partial charge in [0.1, 0.15) is 5.75 Å². The van der Waals surface area contributed by atoms with Crippen molar-refractivity contribution >= 4 is 34.1 Å². The molecule has 0 heterocycles. The molecule has 1 saturated carbocycles. The van der Waals surface area contributed by atoms with Gasteiger partial charge in [-0.2, -0.15) is 0 Å². The van der Waals surface area contributed by atoms with Gasteiger partial charge in [-0.05, 0) is 24.0 Å². The fourth-order valence-corrected chi connectivity index (χ4v) is 4.17. The van der Waals surface area contributed by atoms with Crippen molar-refractivity contribution in [2.45, 2.75) is 43.5 Å². The van der Waals surface area contributed by atoms with Gasteiger partial charge < -0.3 is 15.8 Å². The molecule has 0 spiro atoms. The molecule has 9 heteroatoms. The quantitative estimate of drug-likeness (QED) is 0.657. The van der Waals surface area contributed by atoms with Crippen molar-refractivity contribution in [3.8, 4) is 0 Å². The smallest absolute Gasteiger partial charge is 0.320 e. The predicted molar refractivity (Wildman–Crippen MR) is 100 cm³/mol. The lowest BCUT2D eigenvalue weighted by molar-refractivity contribution is -0.137. The van der Waals surface area contributed by atoms with Crippen LogP contribution in [0.4, 0.5) is 0 Å². The average Bonchev–Trinajstić information content (AvgIpc) is 3.01. The number of nitrogens with one attached hydrogen (secondary N) is 1. The minimum absolute atomic E-state index is 0. The van der Waals surface area contributed by atoms with Gasteiger partial charge in [0.05, 0.1) is 18.4 Å². The van der Waals surface area contributed by atoms with E-state index in [2.05, 4.69) is 10.1 Å². The first-order valence-corrected chi connectivity index (χ1v) is 9.98. The van der Waals surface area contributed by atoms with E-state index in [1.54, 1.807) is 24.3 Å². The van der Waals surface area contributed by atoms with Crippen LogP contribution in [-0.2, 0) is 36.5 Å². The van der Waals surface area contributed by atoms with Crippen LogP contribution < -0.4 is 11.1 Å². The molecule has 3 N–H and O–H groups in total. The lowest BCUT2D eigenvalue weighted by Crippen LogP contribution is -2.51. The summed E-state index contributed by atoms with van der Waals surface area (Å²) in [4.78, 5) is 23.3. The molecule has 146 valence electrons. The second-order valence-electron chi connectivity index (χ2n) is 6.47. The Morgan fingerprint density at radius 3 is 2.23 bits per heavy atom. The zero-order chi connectivity index (χ0) is 18.5. The van der Waals surface area contributed by atoms with E-state index in [1.807, 2.05) is 0 Å². The minimum Gasteiger partial charge on any atom is -0.468 e. The molecule has 1 aliphatic carbocycles. The normalized spacial score (nSPS) is 15.8. The lowest BCUT2D eigenvalue weighted by Gasteiger charge is -2.22. The molecule has 0 bridgehead atoms. The fraction of sp³-hybridized carbons (Fsp3) is 0.529. The molecule has 1 aromatic rings. The number of ether oxygens (including phenoxy) is 1. The van der Waals surface area contributed by atoms with E-state index in [4.69, 9.17) is 5.73 Å². The maximum absolute atomic E-state index is 12.2. The van der Waals surface area contributed by atoms with E-state index in [0.717, 1.165) is 25.5 Å². The van der Waals surface area contributed by atoms with E-state index in [-0.39, 0.29) is 24.1 Å². The summed E-state index contributed by atoms with van der Waals surface area (Å²) in [6.45, 7) is 0.340. The topological polar surface area (TPSA) is 116 Å². The van der Waals surface area contributed by atoms with Crippen LogP contribution in [-0.4, -0.2) is 38.7 Å². The molecule has 1 aromatic carbocycles. The second kappa shape index (κ2) is 9.34. The summed E-state index contributed by atoms with van der Waals surface area (Å²) in [5.41, 5.74) is 6.76. The predicted octanol–water partition coefficient (Wildman–Crippen LogP) is 1.08. The van der Waals surface area contributed by atoms with Crippen LogP contribution >= 0.6 is 12.4 Å². The third-order valence-electron chi connectivity index (χ3n) is 4.38. The SMILES string of the molecule is COC(=O)CS(=O)(=O)Cc1ccc(CNC(=O)C2(N)CCCC2)cc1.Cl. The summed E-state index contributed by atoms with van der Waals surface area (Å²) in [7, 11) is -2.41. The number of rotatable bonds is 7. The molecule has 1 aliphatic rings. The molecule has 0 saturated heterocycles. The van der Waals surface area contributed by atoms with Gasteiger partial charge in [-0.1, -0.05) is 37.1 Å². The van der Waals surface area contributed by atoms with Crippen molar-refractivity contribution < 1.29 is 22.7 Å². The monoisotopic (exact) mass is 404 g/mol. The number of nitrogens with two attached hydrogens (primary N) is 1. The van der Waals surface area contributed by atoms with Gasteiger partial charge in [0, 0.05) is 6.54 Å². The number of benzene rings is 1. The number of methoxy groups -OCH3 is 1. The van der Waals surface area contributed by atoms with E-state index in [0.29, 0.717) is 24.9 Å². The molecule has 2 rings (SSSR count). The summed E-state index contributed by atoms with van der Waals surface area (Å²) in [6, 6.07) is 6.84. The Kier molecular flexibility index (Phi) is 8.05. The highest BCUT2D eigenvalue weighted by atomic mass is 35.5. The van der Waals surface area contributed by atoms with E-state index < -0.39 is 27.1 Å². The molecule has 1 fully saturated rings. The van der Waals surface area contributed by atoms with Crippen LogP contribution in [0.1, 0.15) is 36.8 Å². The standard InChI is InChI=1S/C17H24N2O5S.ClH/c1-24-15(20)12-25(22,23)11-14-6-4-13(5-7-14)10-19-16(21)17(18)8-2-3-9-17;/h4-7H,2-3,8-12,18H2,1H3,(H,19,21);1H. The van der Waals surface area contributed by atoms with Gasteiger partial charge in [-0.3, -0.25) is 9.59 Å². The number of amides is 1. The summed E-state index contributed by atoms with van der Waals surface area (Å²) >= 11 is 0. The molecule has 0 radical (unpaired) electrons. The maximum Gasteiger partial charge on any atom is 0.320 e. The van der Waals surface area contributed by atoms with Gasteiger partial charge in [-0.25, -0.2) is 8.42 Å². The third kappa shape index (κ3) is 6.26. The first kappa shape index (κ1) is 22.4. The highest BCUT2D eigenvalue weighted by molar-refractivity contribution is 7.91. The number of carbonyl (C=O) groups excluding carboxylic acids is 2. The number of halogens is 1.